The van der Waals surface area contributed by atoms with Crippen LogP contribution in [0.1, 0.15) is 39.4 Å². The number of hydrogen-bond donors (Lipinski definition) is 0. The summed E-state index contributed by atoms with van der Waals surface area (Å²) < 4.78 is 5.40. The molecule has 0 radical (unpaired) electrons. The molecule has 1 saturated carbocycles. The molecule has 1 fully saturated rings. The van der Waals surface area contributed by atoms with Crippen LogP contribution >= 0.6 is 0 Å². The van der Waals surface area contributed by atoms with Crippen LogP contribution in [0, 0.1) is 19.8 Å². The zero-order chi connectivity index (χ0) is 15.0. The minimum Gasteiger partial charge on any atom is -0.496 e. The van der Waals surface area contributed by atoms with E-state index in [9.17, 15) is 4.79 Å². The molecule has 108 valence electrons. The Morgan fingerprint density at radius 2 is 1.86 bits per heavy atom. The molecule has 2 aromatic rings. The van der Waals surface area contributed by atoms with Crippen molar-refractivity contribution in [3.8, 4) is 5.75 Å². The van der Waals surface area contributed by atoms with Gasteiger partial charge >= 0.3 is 0 Å². The number of methoxy groups -OCH3 is 1. The number of ketones is 1. The molecule has 3 rings (SSSR count). The van der Waals surface area contributed by atoms with E-state index in [1.165, 1.54) is 11.1 Å². The number of ether oxygens (including phenoxy) is 1. The summed E-state index contributed by atoms with van der Waals surface area (Å²) >= 11 is 0. The van der Waals surface area contributed by atoms with Crippen LogP contribution in [-0.2, 0) is 0 Å². The van der Waals surface area contributed by atoms with Crippen LogP contribution in [-0.4, -0.2) is 12.9 Å². The maximum Gasteiger partial charge on any atom is 0.166 e. The minimum atomic E-state index is 0.100. The molecule has 0 spiro atoms. The second-order valence-corrected chi connectivity index (χ2v) is 5.85. The molecule has 1 aliphatic rings. The van der Waals surface area contributed by atoms with Crippen molar-refractivity contribution in [2.45, 2.75) is 26.2 Å². The first-order valence-corrected chi connectivity index (χ1v) is 7.36. The highest BCUT2D eigenvalue weighted by Gasteiger charge is 2.45. The molecule has 2 heteroatoms. The van der Waals surface area contributed by atoms with E-state index in [-0.39, 0.29) is 11.7 Å². The zero-order valence-corrected chi connectivity index (χ0v) is 12.7. The van der Waals surface area contributed by atoms with E-state index in [1.54, 1.807) is 7.11 Å². The Bertz CT molecular complexity index is 688. The molecule has 0 bridgehead atoms. The maximum absolute atomic E-state index is 12.6. The number of para-hydroxylation sites is 1. The van der Waals surface area contributed by atoms with E-state index in [0.29, 0.717) is 5.92 Å². The number of rotatable bonds is 4. The number of carbonyl (C=O) groups is 1. The fourth-order valence-electron chi connectivity index (χ4n) is 2.91. The standard InChI is InChI=1S/C19H20O2/c1-12-8-9-14(10-13(12)2)19(20)17-11-16(17)15-6-4-5-7-18(15)21-3/h4-10,16-17H,11H2,1-3H3. The van der Waals surface area contributed by atoms with Gasteiger partial charge in [0.1, 0.15) is 5.75 Å². The highest BCUT2D eigenvalue weighted by molar-refractivity contribution is 6.00. The lowest BCUT2D eigenvalue weighted by molar-refractivity contribution is 0.0965. The third-order valence-electron chi connectivity index (χ3n) is 4.46. The van der Waals surface area contributed by atoms with Gasteiger partial charge in [-0.3, -0.25) is 4.79 Å². The van der Waals surface area contributed by atoms with E-state index >= 15 is 0 Å². The summed E-state index contributed by atoms with van der Waals surface area (Å²) in [7, 11) is 1.68. The SMILES string of the molecule is COc1ccccc1C1CC1C(=O)c1ccc(C)c(C)c1. The summed E-state index contributed by atoms with van der Waals surface area (Å²) in [6.45, 7) is 4.12. The van der Waals surface area contributed by atoms with Gasteiger partial charge in [-0.15, -0.1) is 0 Å². The molecule has 0 N–H and O–H groups in total. The van der Waals surface area contributed by atoms with Gasteiger partial charge in [0.05, 0.1) is 7.11 Å². The van der Waals surface area contributed by atoms with Crippen molar-refractivity contribution in [3.05, 3.63) is 64.7 Å². The molecule has 2 atom stereocenters. The molecule has 2 unspecified atom stereocenters. The lowest BCUT2D eigenvalue weighted by Gasteiger charge is -2.08. The van der Waals surface area contributed by atoms with Gasteiger partial charge in [0.15, 0.2) is 5.78 Å². The van der Waals surface area contributed by atoms with Crippen molar-refractivity contribution in [1.82, 2.24) is 0 Å². The van der Waals surface area contributed by atoms with E-state index in [4.69, 9.17) is 4.74 Å². The lowest BCUT2D eigenvalue weighted by atomic mass is 9.99. The summed E-state index contributed by atoms with van der Waals surface area (Å²) in [5.74, 6) is 1.55. The third-order valence-corrected chi connectivity index (χ3v) is 4.46. The van der Waals surface area contributed by atoms with Gasteiger partial charge in [0.25, 0.3) is 0 Å². The van der Waals surface area contributed by atoms with Gasteiger partial charge in [-0.05, 0) is 55.0 Å². The molecule has 0 saturated heterocycles. The first-order chi connectivity index (χ1) is 10.1. The molecule has 0 aliphatic heterocycles. The van der Waals surface area contributed by atoms with E-state index in [2.05, 4.69) is 19.9 Å². The second kappa shape index (κ2) is 5.36. The maximum atomic E-state index is 12.6. The Hall–Kier alpha value is -2.09. The summed E-state index contributed by atoms with van der Waals surface area (Å²) in [5, 5.41) is 0. The normalized spacial score (nSPS) is 20.1. The van der Waals surface area contributed by atoms with Gasteiger partial charge in [-0.1, -0.05) is 30.3 Å². The Morgan fingerprint density at radius 1 is 1.10 bits per heavy atom. The molecule has 0 aromatic heterocycles. The van der Waals surface area contributed by atoms with Crippen molar-refractivity contribution in [1.29, 1.82) is 0 Å². The molecular formula is C19H20O2. The third kappa shape index (κ3) is 2.58. The van der Waals surface area contributed by atoms with Crippen molar-refractivity contribution in [2.75, 3.05) is 7.11 Å². The summed E-state index contributed by atoms with van der Waals surface area (Å²) in [6.07, 6.45) is 0.923. The smallest absolute Gasteiger partial charge is 0.166 e. The number of carbonyl (C=O) groups excluding carboxylic acids is 1. The molecule has 0 heterocycles. The first kappa shape index (κ1) is 13.9. The quantitative estimate of drug-likeness (QED) is 0.781. The predicted molar refractivity (Wildman–Crippen MR) is 84.1 cm³/mol. The largest absolute Gasteiger partial charge is 0.496 e. The number of benzene rings is 2. The monoisotopic (exact) mass is 280 g/mol. The van der Waals surface area contributed by atoms with Crippen LogP contribution in [0.4, 0.5) is 0 Å². The van der Waals surface area contributed by atoms with Gasteiger partial charge in [0, 0.05) is 11.5 Å². The van der Waals surface area contributed by atoms with Crippen molar-refractivity contribution in [2.24, 2.45) is 5.92 Å². The fraction of sp³-hybridized carbons (Fsp3) is 0.316. The van der Waals surface area contributed by atoms with E-state index in [1.807, 2.05) is 36.4 Å². The summed E-state index contributed by atoms with van der Waals surface area (Å²) in [6, 6.07) is 14.0. The summed E-state index contributed by atoms with van der Waals surface area (Å²) in [5.41, 5.74) is 4.39. The van der Waals surface area contributed by atoms with Crippen LogP contribution < -0.4 is 4.74 Å². The topological polar surface area (TPSA) is 26.3 Å². The Morgan fingerprint density at radius 3 is 2.57 bits per heavy atom. The molecule has 2 aromatic carbocycles. The minimum absolute atomic E-state index is 0.100. The number of aryl methyl sites for hydroxylation is 2. The average Bonchev–Trinajstić information content (AvgIpc) is 3.29. The number of hydrogen-bond acceptors (Lipinski definition) is 2. The Labute approximate surface area is 125 Å². The van der Waals surface area contributed by atoms with E-state index in [0.717, 1.165) is 23.3 Å². The van der Waals surface area contributed by atoms with Crippen LogP contribution in [0.15, 0.2) is 42.5 Å². The van der Waals surface area contributed by atoms with E-state index < -0.39 is 0 Å². The predicted octanol–water partition coefficient (Wildman–Crippen LogP) is 4.30. The van der Waals surface area contributed by atoms with Gasteiger partial charge in [-0.25, -0.2) is 0 Å². The highest BCUT2D eigenvalue weighted by Crippen LogP contribution is 2.51. The highest BCUT2D eigenvalue weighted by atomic mass is 16.5. The fourth-order valence-corrected chi connectivity index (χ4v) is 2.91. The molecule has 1 aliphatic carbocycles. The zero-order valence-electron chi connectivity index (χ0n) is 12.7. The van der Waals surface area contributed by atoms with Crippen LogP contribution in [0.3, 0.4) is 0 Å². The van der Waals surface area contributed by atoms with Crippen LogP contribution in [0.2, 0.25) is 0 Å². The number of Topliss-reactive ketones (excluding diaryl/α,β-unsaturated/α-hetero) is 1. The second-order valence-electron chi connectivity index (χ2n) is 5.85. The van der Waals surface area contributed by atoms with Gasteiger partial charge in [-0.2, -0.15) is 0 Å². The molecular weight excluding hydrogens is 260 g/mol. The molecule has 0 amide bonds. The summed E-state index contributed by atoms with van der Waals surface area (Å²) in [4.78, 5) is 12.6. The van der Waals surface area contributed by atoms with Gasteiger partial charge < -0.3 is 4.74 Å². The van der Waals surface area contributed by atoms with Crippen LogP contribution in [0.5, 0.6) is 5.75 Å². The molecule has 2 nitrogen and oxygen atoms in total. The Balaban J connectivity index is 1.81. The Kier molecular flexibility index (Phi) is 3.54. The van der Waals surface area contributed by atoms with Gasteiger partial charge in [0.2, 0.25) is 0 Å². The first-order valence-electron chi connectivity index (χ1n) is 7.36. The van der Waals surface area contributed by atoms with Crippen molar-refractivity contribution >= 4 is 5.78 Å². The average molecular weight is 280 g/mol. The lowest BCUT2D eigenvalue weighted by Crippen LogP contribution is -2.04. The van der Waals surface area contributed by atoms with Crippen molar-refractivity contribution in [3.63, 3.8) is 0 Å². The van der Waals surface area contributed by atoms with Crippen molar-refractivity contribution < 1.29 is 9.53 Å². The molecule has 21 heavy (non-hydrogen) atoms. The van der Waals surface area contributed by atoms with Crippen LogP contribution in [0.25, 0.3) is 0 Å².